The van der Waals surface area contributed by atoms with Crippen LogP contribution in [0.25, 0.3) is 0 Å². The third kappa shape index (κ3) is 2.43. The first kappa shape index (κ1) is 17.0. The summed E-state index contributed by atoms with van der Waals surface area (Å²) in [6, 6.07) is 7.08. The van der Waals surface area contributed by atoms with E-state index in [4.69, 9.17) is 0 Å². The van der Waals surface area contributed by atoms with Gasteiger partial charge in [0.25, 0.3) is 0 Å². The van der Waals surface area contributed by atoms with Crippen molar-refractivity contribution in [3.63, 3.8) is 0 Å². The molecule has 25 heavy (non-hydrogen) atoms. The van der Waals surface area contributed by atoms with E-state index in [1.807, 2.05) is 32.1 Å². The van der Waals surface area contributed by atoms with E-state index in [1.54, 1.807) is 16.4 Å². The largest absolute Gasteiger partial charge is 0.295 e. The van der Waals surface area contributed by atoms with Gasteiger partial charge in [-0.2, -0.15) is 4.31 Å². The number of aryl methyl sites for hydroxylation is 1. The molecule has 2 atom stereocenters. The van der Waals surface area contributed by atoms with Gasteiger partial charge >= 0.3 is 0 Å². The lowest BCUT2D eigenvalue weighted by atomic mass is 9.40. The Morgan fingerprint density at radius 2 is 1.80 bits per heavy atom. The predicted octanol–water partition coefficient (Wildman–Crippen LogP) is 3.32. The molecule has 2 aliphatic carbocycles. The Balaban J connectivity index is 1.61. The number of fused-ring (bicyclic) bond motifs is 2. The van der Waals surface area contributed by atoms with Gasteiger partial charge in [0.05, 0.1) is 4.90 Å². The highest BCUT2D eigenvalue weighted by Gasteiger charge is 2.65. The van der Waals surface area contributed by atoms with Gasteiger partial charge in [0.2, 0.25) is 10.0 Å². The number of piperidine rings is 2. The van der Waals surface area contributed by atoms with Gasteiger partial charge in [-0.1, -0.05) is 36.6 Å². The Labute approximate surface area is 150 Å². The molecule has 2 aliphatic heterocycles. The number of allylic oxidation sites excluding steroid dienone is 1. The molecule has 0 amide bonds. The Bertz CT molecular complexity index is 816. The van der Waals surface area contributed by atoms with E-state index in [-0.39, 0.29) is 23.0 Å². The molecule has 2 bridgehead atoms. The summed E-state index contributed by atoms with van der Waals surface area (Å²) in [6.45, 7) is 4.88. The molecule has 1 aromatic carbocycles. The Kier molecular flexibility index (Phi) is 3.92. The van der Waals surface area contributed by atoms with Crippen molar-refractivity contribution < 1.29 is 13.2 Å². The number of carbonyl (C=O) groups excluding carboxylic acids is 1. The highest BCUT2D eigenvalue weighted by Crippen LogP contribution is 2.68. The molecule has 134 valence electrons. The van der Waals surface area contributed by atoms with Crippen molar-refractivity contribution in [2.75, 3.05) is 13.1 Å². The topological polar surface area (TPSA) is 54.5 Å². The maximum absolute atomic E-state index is 13.0. The van der Waals surface area contributed by atoms with Crippen LogP contribution in [0.4, 0.5) is 0 Å². The average Bonchev–Trinajstić information content (AvgIpc) is 2.57. The summed E-state index contributed by atoms with van der Waals surface area (Å²) in [6.07, 6.45) is 5.92. The number of carbonyl (C=O) groups is 1. The summed E-state index contributed by atoms with van der Waals surface area (Å²) < 4.78 is 27.7. The summed E-state index contributed by atoms with van der Waals surface area (Å²) in [5.41, 5.74) is 2.54. The minimum atomic E-state index is -3.45. The van der Waals surface area contributed by atoms with E-state index < -0.39 is 10.0 Å². The molecule has 4 fully saturated rings. The highest BCUT2D eigenvalue weighted by atomic mass is 32.2. The second-order valence-electron chi connectivity index (χ2n) is 7.79. The minimum absolute atomic E-state index is 0.161. The lowest BCUT2D eigenvalue weighted by molar-refractivity contribution is -0.117. The smallest absolute Gasteiger partial charge is 0.243 e. The summed E-state index contributed by atoms with van der Waals surface area (Å²) >= 11 is 0. The number of nitrogens with zero attached hydrogens (tertiary/aromatic N) is 1. The normalized spacial score (nSPS) is 27.5. The van der Waals surface area contributed by atoms with Crippen LogP contribution >= 0.6 is 0 Å². The number of sulfonamides is 1. The van der Waals surface area contributed by atoms with Gasteiger partial charge in [-0.25, -0.2) is 8.42 Å². The molecule has 4 nitrogen and oxygen atoms in total. The van der Waals surface area contributed by atoms with Crippen molar-refractivity contribution in [3.8, 4) is 0 Å². The Morgan fingerprint density at radius 1 is 1.20 bits per heavy atom. The van der Waals surface area contributed by atoms with Crippen LogP contribution in [0.3, 0.4) is 0 Å². The number of hydrogen-bond acceptors (Lipinski definition) is 3. The average molecular weight is 359 g/mol. The lowest BCUT2D eigenvalue weighted by Crippen LogP contribution is -2.67. The molecule has 1 spiro atoms. The summed E-state index contributed by atoms with van der Waals surface area (Å²) in [7, 11) is -3.45. The Morgan fingerprint density at radius 3 is 2.28 bits per heavy atom. The molecule has 4 aliphatic rings. The first-order chi connectivity index (χ1) is 11.9. The van der Waals surface area contributed by atoms with E-state index >= 15 is 0 Å². The summed E-state index contributed by atoms with van der Waals surface area (Å²) in [4.78, 5) is 12.3. The molecule has 5 heteroatoms. The molecule has 2 unspecified atom stereocenters. The van der Waals surface area contributed by atoms with Gasteiger partial charge < -0.3 is 0 Å². The first-order valence-corrected chi connectivity index (χ1v) is 10.6. The standard InChI is InChI=1S/C20H25NO3S/c1-3-15(22)11-17-18-12-21(13-19(17)20(18)9-4-10-20)25(23,24)16-7-5-14(2)6-8-16/h5-8,11,18-19H,3-4,9-10,12-13H2,1-2H3. The van der Waals surface area contributed by atoms with Crippen LogP contribution in [0, 0.1) is 24.2 Å². The van der Waals surface area contributed by atoms with Crippen molar-refractivity contribution in [1.29, 1.82) is 0 Å². The molecule has 2 saturated heterocycles. The zero-order valence-corrected chi connectivity index (χ0v) is 15.7. The van der Waals surface area contributed by atoms with Crippen LogP contribution in [-0.2, 0) is 14.8 Å². The van der Waals surface area contributed by atoms with Crippen LogP contribution in [0.5, 0.6) is 0 Å². The molecule has 2 saturated carbocycles. The van der Waals surface area contributed by atoms with Crippen molar-refractivity contribution >= 4 is 15.8 Å². The van der Waals surface area contributed by atoms with Gasteiger partial charge in [0.15, 0.2) is 5.78 Å². The van der Waals surface area contributed by atoms with E-state index in [9.17, 15) is 13.2 Å². The quantitative estimate of drug-likeness (QED) is 0.775. The van der Waals surface area contributed by atoms with Crippen LogP contribution in [-0.4, -0.2) is 31.6 Å². The van der Waals surface area contributed by atoms with E-state index in [0.717, 1.165) is 5.56 Å². The fourth-order valence-electron chi connectivity index (χ4n) is 4.94. The molecular weight excluding hydrogens is 334 g/mol. The molecule has 5 rings (SSSR count). The summed E-state index contributed by atoms with van der Waals surface area (Å²) in [5, 5.41) is 0. The molecule has 0 radical (unpaired) electrons. The molecule has 0 aromatic heterocycles. The van der Waals surface area contributed by atoms with Crippen LogP contribution in [0.15, 0.2) is 40.8 Å². The number of benzene rings is 1. The fraction of sp³-hybridized carbons (Fsp3) is 0.550. The van der Waals surface area contributed by atoms with Crippen molar-refractivity contribution in [2.24, 2.45) is 17.3 Å². The maximum atomic E-state index is 13.0. The fourth-order valence-corrected chi connectivity index (χ4v) is 6.41. The van der Waals surface area contributed by atoms with E-state index in [2.05, 4.69) is 0 Å². The number of hydrogen-bond donors (Lipinski definition) is 0. The molecular formula is C20H25NO3S. The van der Waals surface area contributed by atoms with Crippen molar-refractivity contribution in [1.82, 2.24) is 4.31 Å². The minimum Gasteiger partial charge on any atom is -0.295 e. The van der Waals surface area contributed by atoms with Gasteiger partial charge in [-0.05, 0) is 43.4 Å². The highest BCUT2D eigenvalue weighted by molar-refractivity contribution is 7.89. The van der Waals surface area contributed by atoms with E-state index in [1.165, 1.54) is 24.8 Å². The zero-order valence-electron chi connectivity index (χ0n) is 14.9. The van der Waals surface area contributed by atoms with Crippen LogP contribution < -0.4 is 0 Å². The van der Waals surface area contributed by atoms with Crippen molar-refractivity contribution in [3.05, 3.63) is 41.5 Å². The third-order valence-electron chi connectivity index (χ3n) is 6.58. The second kappa shape index (κ2) is 5.78. The van der Waals surface area contributed by atoms with Crippen LogP contribution in [0.1, 0.15) is 38.2 Å². The van der Waals surface area contributed by atoms with Gasteiger partial charge in [0, 0.05) is 31.3 Å². The monoisotopic (exact) mass is 359 g/mol. The van der Waals surface area contributed by atoms with Gasteiger partial charge in [-0.15, -0.1) is 0 Å². The van der Waals surface area contributed by atoms with E-state index in [0.29, 0.717) is 24.4 Å². The second-order valence-corrected chi connectivity index (χ2v) is 9.73. The van der Waals surface area contributed by atoms with Gasteiger partial charge in [0.1, 0.15) is 0 Å². The van der Waals surface area contributed by atoms with Gasteiger partial charge in [-0.3, -0.25) is 4.79 Å². The predicted molar refractivity (Wildman–Crippen MR) is 96.6 cm³/mol. The third-order valence-corrected chi connectivity index (χ3v) is 8.43. The van der Waals surface area contributed by atoms with Crippen molar-refractivity contribution in [2.45, 2.75) is 44.4 Å². The number of rotatable bonds is 4. The molecule has 2 heterocycles. The summed E-state index contributed by atoms with van der Waals surface area (Å²) in [5.74, 6) is 0.625. The Hall–Kier alpha value is -1.46. The maximum Gasteiger partial charge on any atom is 0.243 e. The van der Waals surface area contributed by atoms with Crippen LogP contribution in [0.2, 0.25) is 0 Å². The number of ketones is 1. The SMILES string of the molecule is CCC(=O)C=C1C2CN(S(=O)(=O)c3ccc(C)cc3)CC1C21CCC1. The molecule has 1 aromatic rings. The zero-order chi connectivity index (χ0) is 17.8. The lowest BCUT2D eigenvalue weighted by Gasteiger charge is -2.68. The molecule has 0 N–H and O–H groups in total. The first-order valence-electron chi connectivity index (χ1n) is 9.19.